The van der Waals surface area contributed by atoms with Crippen LogP contribution in [0.15, 0.2) is 6.33 Å². The zero-order valence-corrected chi connectivity index (χ0v) is 7.95. The Kier molecular flexibility index (Phi) is 3.57. The molecule has 1 rings (SSSR count). The number of rotatable bonds is 5. The Labute approximate surface area is 77.2 Å². The molecular weight excluding hydrogens is 168 g/mol. The molecule has 0 amide bonds. The van der Waals surface area contributed by atoms with Crippen molar-refractivity contribution in [1.82, 2.24) is 20.1 Å². The summed E-state index contributed by atoms with van der Waals surface area (Å²) in [5, 5.41) is 6.79. The number of hydrogen-bond donors (Lipinski definition) is 1. The predicted octanol–water partition coefficient (Wildman–Crippen LogP) is -0.371. The van der Waals surface area contributed by atoms with Crippen molar-refractivity contribution in [3.63, 3.8) is 0 Å². The predicted molar refractivity (Wildman–Crippen MR) is 48.3 cm³/mol. The molecule has 0 aliphatic heterocycles. The minimum absolute atomic E-state index is 0.130. The molecule has 1 heterocycles. The van der Waals surface area contributed by atoms with Crippen LogP contribution in [-0.2, 0) is 17.8 Å². The summed E-state index contributed by atoms with van der Waals surface area (Å²) in [4.78, 5) is 15.2. The van der Waals surface area contributed by atoms with Crippen LogP contribution in [0.5, 0.6) is 0 Å². The van der Waals surface area contributed by atoms with Gasteiger partial charge in [-0.3, -0.25) is 4.79 Å². The Morgan fingerprint density at radius 2 is 2.46 bits per heavy atom. The molecule has 13 heavy (non-hydrogen) atoms. The van der Waals surface area contributed by atoms with Crippen molar-refractivity contribution in [3.8, 4) is 0 Å². The van der Waals surface area contributed by atoms with E-state index in [0.29, 0.717) is 13.0 Å². The number of aryl methyl sites for hydroxylation is 1. The fourth-order valence-corrected chi connectivity index (χ4v) is 1.13. The van der Waals surface area contributed by atoms with E-state index in [1.807, 2.05) is 6.92 Å². The maximum Gasteiger partial charge on any atom is 0.154 e. The van der Waals surface area contributed by atoms with E-state index in [4.69, 9.17) is 0 Å². The highest BCUT2D eigenvalue weighted by Crippen LogP contribution is 1.95. The molecule has 0 radical (unpaired) electrons. The minimum atomic E-state index is 0.130. The standard InChI is InChI=1S/C8H14N4O/c1-3-12-8(10-6-11-12)4-7(13)5-9-2/h6,9H,3-5H2,1-2H3. The molecule has 0 fully saturated rings. The van der Waals surface area contributed by atoms with Crippen molar-refractivity contribution in [3.05, 3.63) is 12.2 Å². The summed E-state index contributed by atoms with van der Waals surface area (Å²) < 4.78 is 1.73. The topological polar surface area (TPSA) is 59.8 Å². The number of carbonyl (C=O) groups is 1. The summed E-state index contributed by atoms with van der Waals surface area (Å²) in [6, 6.07) is 0. The lowest BCUT2D eigenvalue weighted by atomic mass is 10.2. The quantitative estimate of drug-likeness (QED) is 0.675. The maximum atomic E-state index is 11.2. The highest BCUT2D eigenvalue weighted by atomic mass is 16.1. The summed E-state index contributed by atoms with van der Waals surface area (Å²) >= 11 is 0. The normalized spacial score (nSPS) is 10.3. The molecule has 0 bridgehead atoms. The Morgan fingerprint density at radius 3 is 3.08 bits per heavy atom. The molecule has 0 aliphatic rings. The van der Waals surface area contributed by atoms with Gasteiger partial charge in [0.1, 0.15) is 12.2 Å². The van der Waals surface area contributed by atoms with Gasteiger partial charge in [0.15, 0.2) is 5.78 Å². The zero-order chi connectivity index (χ0) is 9.68. The van der Waals surface area contributed by atoms with Gasteiger partial charge in [0.2, 0.25) is 0 Å². The summed E-state index contributed by atoms with van der Waals surface area (Å²) in [6.07, 6.45) is 1.83. The minimum Gasteiger partial charge on any atom is -0.313 e. The van der Waals surface area contributed by atoms with Gasteiger partial charge in [-0.15, -0.1) is 0 Å². The third-order valence-corrected chi connectivity index (χ3v) is 1.72. The first-order valence-electron chi connectivity index (χ1n) is 4.31. The van der Waals surface area contributed by atoms with Crippen LogP contribution in [0.1, 0.15) is 12.7 Å². The van der Waals surface area contributed by atoms with Gasteiger partial charge in [-0.1, -0.05) is 0 Å². The Bertz CT molecular complexity index is 281. The fourth-order valence-electron chi connectivity index (χ4n) is 1.13. The van der Waals surface area contributed by atoms with Gasteiger partial charge in [-0.05, 0) is 14.0 Å². The number of carbonyl (C=O) groups excluding carboxylic acids is 1. The van der Waals surface area contributed by atoms with E-state index >= 15 is 0 Å². The molecule has 5 nitrogen and oxygen atoms in total. The number of nitrogens with zero attached hydrogens (tertiary/aromatic N) is 3. The van der Waals surface area contributed by atoms with E-state index in [1.165, 1.54) is 6.33 Å². The SMILES string of the molecule is CCn1ncnc1CC(=O)CNC. The molecule has 0 saturated carbocycles. The second-order valence-electron chi connectivity index (χ2n) is 2.74. The monoisotopic (exact) mass is 182 g/mol. The van der Waals surface area contributed by atoms with Crippen LogP contribution in [0.3, 0.4) is 0 Å². The number of aromatic nitrogens is 3. The third kappa shape index (κ3) is 2.62. The Hall–Kier alpha value is -1.23. The van der Waals surface area contributed by atoms with Crippen molar-refractivity contribution in [1.29, 1.82) is 0 Å². The van der Waals surface area contributed by atoms with Crippen LogP contribution in [-0.4, -0.2) is 34.1 Å². The van der Waals surface area contributed by atoms with E-state index in [1.54, 1.807) is 11.7 Å². The average molecular weight is 182 g/mol. The van der Waals surface area contributed by atoms with E-state index in [-0.39, 0.29) is 5.78 Å². The lowest BCUT2D eigenvalue weighted by Crippen LogP contribution is -2.21. The number of ketones is 1. The average Bonchev–Trinajstić information content (AvgIpc) is 2.52. The summed E-state index contributed by atoms with van der Waals surface area (Å²) in [7, 11) is 1.75. The first-order chi connectivity index (χ1) is 6.27. The van der Waals surface area contributed by atoms with Gasteiger partial charge >= 0.3 is 0 Å². The Balaban J connectivity index is 2.57. The molecule has 0 atom stereocenters. The lowest BCUT2D eigenvalue weighted by Gasteiger charge is -2.01. The van der Waals surface area contributed by atoms with Gasteiger partial charge in [-0.25, -0.2) is 9.67 Å². The zero-order valence-electron chi connectivity index (χ0n) is 7.95. The second kappa shape index (κ2) is 4.71. The summed E-state index contributed by atoms with van der Waals surface area (Å²) in [6.45, 7) is 3.11. The molecule has 0 saturated heterocycles. The van der Waals surface area contributed by atoms with Gasteiger partial charge in [0.25, 0.3) is 0 Å². The first-order valence-corrected chi connectivity index (χ1v) is 4.31. The molecular formula is C8H14N4O. The molecule has 0 aliphatic carbocycles. The number of Topliss-reactive ketones (excluding diaryl/α,β-unsaturated/α-hetero) is 1. The molecule has 1 aromatic rings. The largest absolute Gasteiger partial charge is 0.313 e. The fraction of sp³-hybridized carbons (Fsp3) is 0.625. The molecule has 1 N–H and O–H groups in total. The Morgan fingerprint density at radius 1 is 1.69 bits per heavy atom. The van der Waals surface area contributed by atoms with Crippen molar-refractivity contribution < 1.29 is 4.79 Å². The highest BCUT2D eigenvalue weighted by Gasteiger charge is 2.07. The summed E-state index contributed by atoms with van der Waals surface area (Å²) in [5.41, 5.74) is 0. The third-order valence-electron chi connectivity index (χ3n) is 1.72. The molecule has 0 spiro atoms. The van der Waals surface area contributed by atoms with Gasteiger partial charge in [0, 0.05) is 6.54 Å². The van der Waals surface area contributed by atoms with Crippen molar-refractivity contribution in [2.24, 2.45) is 0 Å². The van der Waals surface area contributed by atoms with Crippen LogP contribution in [0, 0.1) is 0 Å². The van der Waals surface area contributed by atoms with E-state index in [2.05, 4.69) is 15.4 Å². The first kappa shape index (κ1) is 9.85. The summed E-state index contributed by atoms with van der Waals surface area (Å²) in [5.74, 6) is 0.868. The highest BCUT2D eigenvalue weighted by molar-refractivity contribution is 5.82. The molecule has 0 unspecified atom stereocenters. The van der Waals surface area contributed by atoms with Crippen molar-refractivity contribution in [2.75, 3.05) is 13.6 Å². The molecule has 5 heteroatoms. The van der Waals surface area contributed by atoms with Gasteiger partial charge in [0.05, 0.1) is 13.0 Å². The second-order valence-corrected chi connectivity index (χ2v) is 2.74. The van der Waals surface area contributed by atoms with Crippen LogP contribution < -0.4 is 5.32 Å². The van der Waals surface area contributed by atoms with Crippen LogP contribution in [0.2, 0.25) is 0 Å². The number of likely N-dealkylation sites (N-methyl/N-ethyl adjacent to an activating group) is 1. The van der Waals surface area contributed by atoms with Gasteiger partial charge < -0.3 is 5.32 Å². The molecule has 0 aromatic carbocycles. The van der Waals surface area contributed by atoms with Crippen molar-refractivity contribution >= 4 is 5.78 Å². The van der Waals surface area contributed by atoms with E-state index in [0.717, 1.165) is 12.4 Å². The molecule has 72 valence electrons. The van der Waals surface area contributed by atoms with E-state index in [9.17, 15) is 4.79 Å². The number of nitrogens with one attached hydrogen (secondary N) is 1. The van der Waals surface area contributed by atoms with Crippen LogP contribution >= 0.6 is 0 Å². The molecule has 1 aromatic heterocycles. The van der Waals surface area contributed by atoms with Crippen LogP contribution in [0.4, 0.5) is 0 Å². The number of hydrogen-bond acceptors (Lipinski definition) is 4. The van der Waals surface area contributed by atoms with E-state index < -0.39 is 0 Å². The van der Waals surface area contributed by atoms with Gasteiger partial charge in [-0.2, -0.15) is 5.10 Å². The maximum absolute atomic E-state index is 11.2. The van der Waals surface area contributed by atoms with Crippen LogP contribution in [0.25, 0.3) is 0 Å². The van der Waals surface area contributed by atoms with Crippen molar-refractivity contribution in [2.45, 2.75) is 19.9 Å². The lowest BCUT2D eigenvalue weighted by molar-refractivity contribution is -0.117. The smallest absolute Gasteiger partial charge is 0.154 e.